The Kier molecular flexibility index (Phi) is 3.90. The lowest BCUT2D eigenvalue weighted by molar-refractivity contribution is -0.0619. The average molecular weight is 528 g/mol. The van der Waals surface area contributed by atoms with Crippen molar-refractivity contribution < 1.29 is 17.6 Å². The van der Waals surface area contributed by atoms with Crippen LogP contribution in [0.4, 0.5) is 40.3 Å². The van der Waals surface area contributed by atoms with Crippen molar-refractivity contribution in [2.24, 2.45) is 0 Å². The number of benzene rings is 3. The Morgan fingerprint density at radius 2 is 1.08 bits per heavy atom. The first-order valence-corrected chi connectivity index (χ1v) is 14.4. The second-order valence-corrected chi connectivity index (χ2v) is 12.8. The summed E-state index contributed by atoms with van der Waals surface area (Å²) in [5, 5.41) is 0. The third kappa shape index (κ3) is 2.23. The zero-order chi connectivity index (χ0) is 26.7. The number of aryl methyl sites for hydroxylation is 2. The van der Waals surface area contributed by atoms with Gasteiger partial charge in [0, 0.05) is 46.7 Å². The van der Waals surface area contributed by atoms with Crippen LogP contribution in [0.5, 0.6) is 0 Å². The number of anilines is 4. The normalized spacial score (nSPS) is 34.4. The third-order valence-electron chi connectivity index (χ3n) is 10.8. The molecule has 198 valence electrons. The van der Waals surface area contributed by atoms with Crippen molar-refractivity contribution in [3.05, 3.63) is 64.7 Å². The summed E-state index contributed by atoms with van der Waals surface area (Å²) in [6, 6.07) is 13.2. The van der Waals surface area contributed by atoms with Gasteiger partial charge in [-0.1, -0.05) is 41.5 Å². The van der Waals surface area contributed by atoms with E-state index in [2.05, 4.69) is 0 Å². The summed E-state index contributed by atoms with van der Waals surface area (Å²) in [5.74, 6) is -4.44. The minimum Gasteiger partial charge on any atom is -0.306 e. The fraction of sp³-hybridized carbons (Fsp3) is 0.438. The van der Waals surface area contributed by atoms with E-state index < -0.39 is 22.9 Å². The maximum atomic E-state index is 17.4. The van der Waals surface area contributed by atoms with Crippen molar-refractivity contribution in [1.29, 1.82) is 0 Å². The van der Waals surface area contributed by atoms with Crippen LogP contribution in [-0.2, 0) is 11.3 Å². The predicted molar refractivity (Wildman–Crippen MR) is 148 cm³/mol. The van der Waals surface area contributed by atoms with Crippen LogP contribution in [-0.4, -0.2) is 18.3 Å². The lowest BCUT2D eigenvalue weighted by Gasteiger charge is -2.49. The van der Waals surface area contributed by atoms with Gasteiger partial charge < -0.3 is 9.80 Å². The van der Waals surface area contributed by atoms with Crippen LogP contribution in [0.25, 0.3) is 0 Å². The smallest absolute Gasteiger partial charge is 0.252 e. The molecule has 2 aliphatic carbocycles. The average Bonchev–Trinajstić information content (AvgIpc) is 3.24. The number of hydrogen-bond acceptors (Lipinski definition) is 2. The number of halogens is 4. The van der Waals surface area contributed by atoms with Gasteiger partial charge in [-0.15, -0.1) is 0 Å². The van der Waals surface area contributed by atoms with Gasteiger partial charge in [0.1, 0.15) is 0 Å². The molecule has 2 nitrogen and oxygen atoms in total. The number of fused-ring (bicyclic) bond motifs is 10. The van der Waals surface area contributed by atoms with E-state index in [4.69, 9.17) is 0 Å². The Balaban J connectivity index is 1.44. The van der Waals surface area contributed by atoms with Gasteiger partial charge in [0.15, 0.2) is 11.3 Å². The standard InChI is InChI=1S/C32H29BF4N2/c1-18-14-20-27-22(16-18)33-23-17-19(2)15-21-28(23)39(32(37)13-6-4-11-30(21,32)35)25-9-7-8-24(26(25)33)38(27)31(36)12-5-3-10-29(20,31)34/h7-9,14-17H,3-6,10-13H2,1-2H3. The second-order valence-electron chi connectivity index (χ2n) is 12.8. The minimum atomic E-state index is -2.22. The molecule has 0 amide bonds. The highest BCUT2D eigenvalue weighted by molar-refractivity contribution is 7.00. The van der Waals surface area contributed by atoms with Crippen molar-refractivity contribution in [2.75, 3.05) is 9.80 Å². The highest BCUT2D eigenvalue weighted by Crippen LogP contribution is 2.66. The van der Waals surface area contributed by atoms with Crippen LogP contribution in [0.15, 0.2) is 42.5 Å². The van der Waals surface area contributed by atoms with Crippen LogP contribution in [0.2, 0.25) is 0 Å². The predicted octanol–water partition coefficient (Wildman–Crippen LogP) is 6.56. The molecular formula is C32H29BF4N2. The van der Waals surface area contributed by atoms with E-state index in [9.17, 15) is 0 Å². The van der Waals surface area contributed by atoms with Crippen LogP contribution in [0, 0.1) is 13.8 Å². The summed E-state index contributed by atoms with van der Waals surface area (Å²) in [6.45, 7) is 3.51. The maximum absolute atomic E-state index is 17.4. The van der Waals surface area contributed by atoms with Gasteiger partial charge in [-0.2, -0.15) is 0 Å². The Bertz CT molecular complexity index is 1540. The molecule has 0 aromatic heterocycles. The van der Waals surface area contributed by atoms with Crippen molar-refractivity contribution in [2.45, 2.75) is 88.1 Å². The highest BCUT2D eigenvalue weighted by Gasteiger charge is 2.71. The first kappa shape index (κ1) is 22.8. The minimum absolute atomic E-state index is 0.0925. The van der Waals surface area contributed by atoms with Crippen LogP contribution >= 0.6 is 0 Å². The zero-order valence-electron chi connectivity index (χ0n) is 22.2. The van der Waals surface area contributed by atoms with Crippen LogP contribution in [0.1, 0.15) is 73.6 Å². The Morgan fingerprint density at radius 3 is 1.54 bits per heavy atom. The van der Waals surface area contributed by atoms with Gasteiger partial charge in [0.2, 0.25) is 11.6 Å². The molecule has 0 spiro atoms. The molecule has 0 bridgehead atoms. The maximum Gasteiger partial charge on any atom is 0.252 e. The van der Waals surface area contributed by atoms with Gasteiger partial charge >= 0.3 is 0 Å². The van der Waals surface area contributed by atoms with Crippen molar-refractivity contribution in [1.82, 2.24) is 0 Å². The second kappa shape index (κ2) is 6.67. The number of hydrogen-bond donors (Lipinski definition) is 0. The Labute approximate surface area is 226 Å². The molecule has 39 heavy (non-hydrogen) atoms. The largest absolute Gasteiger partial charge is 0.306 e. The zero-order valence-corrected chi connectivity index (χ0v) is 22.2. The lowest BCUT2D eigenvalue weighted by atomic mass is 9.33. The van der Waals surface area contributed by atoms with Gasteiger partial charge in [0.25, 0.3) is 6.71 Å². The lowest BCUT2D eigenvalue weighted by Crippen LogP contribution is -2.66. The van der Waals surface area contributed by atoms with E-state index in [0.29, 0.717) is 59.6 Å². The highest BCUT2D eigenvalue weighted by atomic mass is 19.2. The SMILES string of the molecule is Cc1cc2c3c(c1)C1(F)CCCCC1(F)N3c1cccc3c1B2c1cc(C)cc2c1N3C1(F)CCCCC21F. The van der Waals surface area contributed by atoms with Gasteiger partial charge in [0.05, 0.1) is 0 Å². The molecule has 3 aromatic rings. The van der Waals surface area contributed by atoms with E-state index in [1.54, 1.807) is 15.9 Å². The molecule has 0 radical (unpaired) electrons. The fourth-order valence-corrected chi connectivity index (χ4v) is 9.33. The molecule has 4 heterocycles. The van der Waals surface area contributed by atoms with Crippen LogP contribution in [0.3, 0.4) is 0 Å². The van der Waals surface area contributed by atoms with E-state index in [1.807, 2.05) is 50.2 Å². The fourth-order valence-electron chi connectivity index (χ4n) is 9.33. The number of nitrogens with zero attached hydrogens (tertiary/aromatic N) is 2. The summed E-state index contributed by atoms with van der Waals surface area (Å²) < 4.78 is 68.9. The van der Waals surface area contributed by atoms with Gasteiger partial charge in [-0.3, -0.25) is 0 Å². The molecule has 7 heteroatoms. The molecular weight excluding hydrogens is 499 g/mol. The first-order chi connectivity index (χ1) is 18.6. The van der Waals surface area contributed by atoms with Crippen LogP contribution < -0.4 is 26.2 Å². The molecule has 0 saturated heterocycles. The molecule has 0 N–H and O–H groups in total. The molecule has 9 rings (SSSR count). The van der Waals surface area contributed by atoms with E-state index in [0.717, 1.165) is 27.5 Å². The van der Waals surface area contributed by atoms with E-state index in [1.165, 1.54) is 0 Å². The number of rotatable bonds is 0. The summed E-state index contributed by atoms with van der Waals surface area (Å²) in [7, 11) is 0. The summed E-state index contributed by atoms with van der Waals surface area (Å²) in [5.41, 5.74) is 3.24. The number of alkyl halides is 4. The molecule has 4 unspecified atom stereocenters. The molecule has 2 fully saturated rings. The van der Waals surface area contributed by atoms with E-state index >= 15 is 17.6 Å². The summed E-state index contributed by atoms with van der Waals surface area (Å²) in [4.78, 5) is 3.22. The van der Waals surface area contributed by atoms with Gasteiger partial charge in [-0.05, 0) is 80.9 Å². The monoisotopic (exact) mass is 528 g/mol. The Morgan fingerprint density at radius 1 is 0.641 bits per heavy atom. The Hall–Kier alpha value is -2.96. The third-order valence-corrected chi connectivity index (χ3v) is 10.8. The topological polar surface area (TPSA) is 6.48 Å². The quantitative estimate of drug-likeness (QED) is 0.185. The summed E-state index contributed by atoms with van der Waals surface area (Å²) in [6.07, 6.45) is 2.95. The molecule has 6 aliphatic rings. The molecule has 2 saturated carbocycles. The first-order valence-electron chi connectivity index (χ1n) is 14.4. The van der Waals surface area contributed by atoms with Crippen molar-refractivity contribution in [3.63, 3.8) is 0 Å². The molecule has 4 aliphatic heterocycles. The van der Waals surface area contributed by atoms with Crippen molar-refractivity contribution in [3.8, 4) is 0 Å². The molecule has 3 aromatic carbocycles. The van der Waals surface area contributed by atoms with Gasteiger partial charge in [-0.25, -0.2) is 17.6 Å². The molecule has 4 atom stereocenters. The van der Waals surface area contributed by atoms with E-state index in [-0.39, 0.29) is 32.4 Å². The summed E-state index contributed by atoms with van der Waals surface area (Å²) >= 11 is 0. The van der Waals surface area contributed by atoms with Crippen molar-refractivity contribution >= 4 is 45.9 Å².